The molecule has 1 fully saturated rings. The highest BCUT2D eigenvalue weighted by molar-refractivity contribution is 5.82. The predicted molar refractivity (Wildman–Crippen MR) is 51.9 cm³/mol. The lowest BCUT2D eigenvalue weighted by atomic mass is 10.2. The molecule has 1 aromatic heterocycles. The molecule has 1 saturated carbocycles. The molecular weight excluding hydrogens is 162 g/mol. The maximum atomic E-state index is 9.27. The predicted octanol–water partition coefficient (Wildman–Crippen LogP) is 2.75. The van der Waals surface area contributed by atoms with Crippen LogP contribution in [0.1, 0.15) is 24.5 Å². The lowest BCUT2D eigenvalue weighted by molar-refractivity contribution is 0.476. The van der Waals surface area contributed by atoms with Gasteiger partial charge in [0, 0.05) is 17.3 Å². The van der Waals surface area contributed by atoms with E-state index in [1.165, 1.54) is 23.9 Å². The van der Waals surface area contributed by atoms with E-state index in [0.29, 0.717) is 5.75 Å². The number of rotatable bonds is 1. The van der Waals surface area contributed by atoms with Crippen molar-refractivity contribution >= 4 is 10.9 Å². The van der Waals surface area contributed by atoms with Crippen LogP contribution in [0.5, 0.6) is 5.75 Å². The number of phenols is 1. The highest BCUT2D eigenvalue weighted by Crippen LogP contribution is 2.40. The van der Waals surface area contributed by atoms with E-state index in [4.69, 9.17) is 0 Å². The molecule has 1 aliphatic carbocycles. The topological polar surface area (TPSA) is 36.0 Å². The molecule has 0 unspecified atom stereocenters. The number of phenolic OH excluding ortho intramolecular Hbond substituents is 1. The first-order valence-electron chi connectivity index (χ1n) is 4.64. The fourth-order valence-corrected chi connectivity index (χ4v) is 1.75. The van der Waals surface area contributed by atoms with E-state index < -0.39 is 0 Å². The molecule has 66 valence electrons. The van der Waals surface area contributed by atoms with Gasteiger partial charge in [0.05, 0.1) is 0 Å². The third-order valence-corrected chi connectivity index (χ3v) is 2.64. The molecule has 2 N–H and O–H groups in total. The van der Waals surface area contributed by atoms with Gasteiger partial charge in [-0.15, -0.1) is 0 Å². The van der Waals surface area contributed by atoms with Crippen LogP contribution in [0.4, 0.5) is 0 Å². The minimum Gasteiger partial charge on any atom is -0.508 e. The summed E-state index contributed by atoms with van der Waals surface area (Å²) in [7, 11) is 0. The van der Waals surface area contributed by atoms with Gasteiger partial charge in [0.1, 0.15) is 5.75 Å². The summed E-state index contributed by atoms with van der Waals surface area (Å²) in [5.41, 5.74) is 2.36. The van der Waals surface area contributed by atoms with Gasteiger partial charge in [0.2, 0.25) is 0 Å². The number of aromatic hydroxyl groups is 1. The second-order valence-electron chi connectivity index (χ2n) is 3.77. The largest absolute Gasteiger partial charge is 0.508 e. The number of hydrogen-bond donors (Lipinski definition) is 2. The number of aromatic nitrogens is 1. The minimum atomic E-state index is 0.330. The van der Waals surface area contributed by atoms with E-state index in [0.717, 1.165) is 11.4 Å². The molecule has 1 heterocycles. The van der Waals surface area contributed by atoms with Crippen LogP contribution >= 0.6 is 0 Å². The summed E-state index contributed by atoms with van der Waals surface area (Å²) in [6.45, 7) is 0. The Morgan fingerprint density at radius 2 is 2.08 bits per heavy atom. The van der Waals surface area contributed by atoms with E-state index in [2.05, 4.69) is 11.1 Å². The first-order chi connectivity index (χ1) is 6.33. The van der Waals surface area contributed by atoms with E-state index >= 15 is 0 Å². The van der Waals surface area contributed by atoms with Crippen LogP contribution in [0.3, 0.4) is 0 Å². The summed E-state index contributed by atoms with van der Waals surface area (Å²) in [5, 5.41) is 10.5. The Morgan fingerprint density at radius 1 is 1.23 bits per heavy atom. The quantitative estimate of drug-likeness (QED) is 0.683. The Labute approximate surface area is 76.2 Å². The first kappa shape index (κ1) is 7.01. The number of benzene rings is 1. The van der Waals surface area contributed by atoms with Crippen molar-refractivity contribution in [3.8, 4) is 5.75 Å². The summed E-state index contributed by atoms with van der Waals surface area (Å²) >= 11 is 0. The van der Waals surface area contributed by atoms with E-state index in [9.17, 15) is 5.11 Å². The molecule has 0 atom stereocenters. The SMILES string of the molecule is Oc1ccc2cc(C3CC3)[nH]c2c1. The van der Waals surface area contributed by atoms with Gasteiger partial charge < -0.3 is 10.1 Å². The van der Waals surface area contributed by atoms with Crippen LogP contribution in [0, 0.1) is 0 Å². The third kappa shape index (κ3) is 1.10. The van der Waals surface area contributed by atoms with Gasteiger partial charge in [0.15, 0.2) is 0 Å². The molecule has 2 heteroatoms. The Kier molecular flexibility index (Phi) is 1.23. The molecule has 0 aliphatic heterocycles. The molecular formula is C11H11NO. The van der Waals surface area contributed by atoms with Gasteiger partial charge in [-0.25, -0.2) is 0 Å². The molecule has 1 aliphatic rings. The van der Waals surface area contributed by atoms with Crippen LogP contribution in [0.25, 0.3) is 10.9 Å². The van der Waals surface area contributed by atoms with Gasteiger partial charge in [0.25, 0.3) is 0 Å². The normalized spacial score (nSPS) is 16.6. The van der Waals surface area contributed by atoms with Gasteiger partial charge in [-0.1, -0.05) is 0 Å². The zero-order valence-corrected chi connectivity index (χ0v) is 7.25. The number of aromatic amines is 1. The molecule has 2 aromatic rings. The Bertz CT molecular complexity index is 454. The van der Waals surface area contributed by atoms with Gasteiger partial charge in [-0.3, -0.25) is 0 Å². The number of hydrogen-bond acceptors (Lipinski definition) is 1. The summed E-state index contributed by atoms with van der Waals surface area (Å²) in [6.07, 6.45) is 2.61. The first-order valence-corrected chi connectivity index (χ1v) is 4.64. The van der Waals surface area contributed by atoms with Gasteiger partial charge in [-0.05, 0) is 42.3 Å². The molecule has 3 rings (SSSR count). The standard InChI is InChI=1S/C11H11NO/c13-9-4-3-8-5-10(7-1-2-7)12-11(8)6-9/h3-7,12-13H,1-2H2. The summed E-state index contributed by atoms with van der Waals surface area (Å²) in [5.74, 6) is 1.08. The van der Waals surface area contributed by atoms with Crippen molar-refractivity contribution in [3.05, 3.63) is 30.0 Å². The molecule has 0 spiro atoms. The maximum Gasteiger partial charge on any atom is 0.117 e. The molecule has 0 amide bonds. The molecule has 0 bridgehead atoms. The highest BCUT2D eigenvalue weighted by atomic mass is 16.3. The summed E-state index contributed by atoms with van der Waals surface area (Å²) in [4.78, 5) is 3.34. The number of fused-ring (bicyclic) bond motifs is 1. The number of H-pyrrole nitrogens is 1. The average molecular weight is 173 g/mol. The van der Waals surface area contributed by atoms with Crippen LogP contribution in [0.15, 0.2) is 24.3 Å². The van der Waals surface area contributed by atoms with Crippen LogP contribution < -0.4 is 0 Å². The zero-order valence-electron chi connectivity index (χ0n) is 7.25. The highest BCUT2D eigenvalue weighted by Gasteiger charge is 2.24. The van der Waals surface area contributed by atoms with Crippen molar-refractivity contribution in [2.45, 2.75) is 18.8 Å². The van der Waals surface area contributed by atoms with Gasteiger partial charge in [-0.2, -0.15) is 0 Å². The van der Waals surface area contributed by atoms with Crippen molar-refractivity contribution < 1.29 is 5.11 Å². The molecule has 13 heavy (non-hydrogen) atoms. The monoisotopic (exact) mass is 173 g/mol. The molecule has 2 nitrogen and oxygen atoms in total. The number of nitrogens with one attached hydrogen (secondary N) is 1. The van der Waals surface area contributed by atoms with E-state index in [1.807, 2.05) is 6.07 Å². The lowest BCUT2D eigenvalue weighted by Gasteiger charge is -1.90. The van der Waals surface area contributed by atoms with Crippen molar-refractivity contribution in [1.82, 2.24) is 4.98 Å². The fraction of sp³-hybridized carbons (Fsp3) is 0.273. The van der Waals surface area contributed by atoms with E-state index in [1.54, 1.807) is 12.1 Å². The summed E-state index contributed by atoms with van der Waals surface area (Å²) < 4.78 is 0. The smallest absolute Gasteiger partial charge is 0.117 e. The fourth-order valence-electron chi connectivity index (χ4n) is 1.75. The second kappa shape index (κ2) is 2.28. The zero-order chi connectivity index (χ0) is 8.84. The van der Waals surface area contributed by atoms with Gasteiger partial charge >= 0.3 is 0 Å². The Balaban J connectivity index is 2.20. The minimum absolute atomic E-state index is 0.330. The lowest BCUT2D eigenvalue weighted by Crippen LogP contribution is -1.74. The Hall–Kier alpha value is -1.44. The Morgan fingerprint density at radius 3 is 2.85 bits per heavy atom. The molecule has 0 radical (unpaired) electrons. The average Bonchev–Trinajstić information content (AvgIpc) is 2.87. The summed E-state index contributed by atoms with van der Waals surface area (Å²) in [6, 6.07) is 7.65. The van der Waals surface area contributed by atoms with Crippen LogP contribution in [-0.2, 0) is 0 Å². The second-order valence-corrected chi connectivity index (χ2v) is 3.77. The third-order valence-electron chi connectivity index (χ3n) is 2.64. The van der Waals surface area contributed by atoms with Crippen LogP contribution in [-0.4, -0.2) is 10.1 Å². The molecule has 1 aromatic carbocycles. The van der Waals surface area contributed by atoms with Crippen molar-refractivity contribution in [1.29, 1.82) is 0 Å². The maximum absolute atomic E-state index is 9.27. The van der Waals surface area contributed by atoms with Crippen molar-refractivity contribution in [3.63, 3.8) is 0 Å². The van der Waals surface area contributed by atoms with Crippen molar-refractivity contribution in [2.24, 2.45) is 0 Å². The molecule has 0 saturated heterocycles. The van der Waals surface area contributed by atoms with Crippen LogP contribution in [0.2, 0.25) is 0 Å². The van der Waals surface area contributed by atoms with E-state index in [-0.39, 0.29) is 0 Å². The van der Waals surface area contributed by atoms with Crippen molar-refractivity contribution in [2.75, 3.05) is 0 Å².